The molecular weight excluding hydrogens is 505 g/mol. The van der Waals surface area contributed by atoms with Crippen molar-refractivity contribution in [1.29, 1.82) is 0 Å². The van der Waals surface area contributed by atoms with Gasteiger partial charge in [-0.1, -0.05) is 18.0 Å². The predicted molar refractivity (Wildman–Crippen MR) is 134 cm³/mol. The maximum Gasteiger partial charge on any atom is 0.390 e. The summed E-state index contributed by atoms with van der Waals surface area (Å²) in [6.45, 7) is 2.73. The van der Waals surface area contributed by atoms with E-state index in [0.29, 0.717) is 41.9 Å². The van der Waals surface area contributed by atoms with Crippen LogP contribution in [0.5, 0.6) is 0 Å². The van der Waals surface area contributed by atoms with Crippen LogP contribution in [0.4, 0.5) is 24.8 Å². The zero-order valence-corrected chi connectivity index (χ0v) is 21.2. The monoisotopic (exact) mass is 530 g/mol. The normalized spacial score (nSPS) is 18.6. The van der Waals surface area contributed by atoms with Crippen LogP contribution < -0.4 is 5.32 Å². The molecule has 194 valence electrons. The fraction of sp³-hybridized carbons (Fsp3) is 0.440. The average molecular weight is 531 g/mol. The van der Waals surface area contributed by atoms with E-state index in [1.165, 1.54) is 0 Å². The van der Waals surface area contributed by atoms with Gasteiger partial charge in [0.2, 0.25) is 0 Å². The van der Waals surface area contributed by atoms with Crippen LogP contribution in [-0.4, -0.2) is 40.3 Å². The van der Waals surface area contributed by atoms with Crippen LogP contribution in [0, 0.1) is 0 Å². The number of nitrogens with zero attached hydrogens (tertiary/aromatic N) is 7. The Labute approximate surface area is 216 Å². The number of pyridine rings is 1. The van der Waals surface area contributed by atoms with Gasteiger partial charge in [-0.25, -0.2) is 4.98 Å². The number of alkyl halides is 3. The van der Waals surface area contributed by atoms with Gasteiger partial charge >= 0.3 is 6.18 Å². The summed E-state index contributed by atoms with van der Waals surface area (Å²) in [5.74, 6) is 2.45. The number of anilines is 2. The Bertz CT molecular complexity index is 1460. The van der Waals surface area contributed by atoms with Crippen molar-refractivity contribution < 1.29 is 13.2 Å². The second kappa shape index (κ2) is 8.61. The first-order chi connectivity index (χ1) is 17.6. The standard InChI is InChI=1S/C25H26ClF3N8/c1-15-5-9-36-13-16(17-11-20(30-12-18(17)26)32-21-4-8-31-35(21)2)10-19(36)22-33-34-23(37(15)22)24(6-3-7-24)14-25(27,28)29/h4,8,10-13,15H,3,5-7,9,14H2,1-2H3,(H,30,32)/t15-/m0/s1. The van der Waals surface area contributed by atoms with E-state index in [1.54, 1.807) is 17.1 Å². The minimum Gasteiger partial charge on any atom is -0.344 e. The molecule has 5 heterocycles. The number of rotatable bonds is 5. The van der Waals surface area contributed by atoms with E-state index in [-0.39, 0.29) is 6.04 Å². The molecule has 0 bridgehead atoms. The molecule has 0 saturated heterocycles. The van der Waals surface area contributed by atoms with E-state index in [0.717, 1.165) is 35.5 Å². The summed E-state index contributed by atoms with van der Waals surface area (Å²) in [6, 6.07) is 5.67. The summed E-state index contributed by atoms with van der Waals surface area (Å²) in [6.07, 6.45) is 2.64. The molecule has 1 atom stereocenters. The maximum atomic E-state index is 13.5. The van der Waals surface area contributed by atoms with Gasteiger partial charge in [0.1, 0.15) is 17.5 Å². The van der Waals surface area contributed by atoms with Gasteiger partial charge in [-0.3, -0.25) is 4.68 Å². The van der Waals surface area contributed by atoms with Gasteiger partial charge in [0.15, 0.2) is 5.82 Å². The van der Waals surface area contributed by atoms with Crippen LogP contribution in [0.2, 0.25) is 5.02 Å². The van der Waals surface area contributed by atoms with Gasteiger partial charge in [0.25, 0.3) is 0 Å². The van der Waals surface area contributed by atoms with E-state index < -0.39 is 18.0 Å². The Balaban J connectivity index is 1.40. The molecule has 1 aliphatic carbocycles. The maximum absolute atomic E-state index is 13.5. The zero-order chi connectivity index (χ0) is 25.9. The Morgan fingerprint density at radius 1 is 1.22 bits per heavy atom. The highest BCUT2D eigenvalue weighted by atomic mass is 35.5. The molecular formula is C25H26ClF3N8. The number of nitrogens with one attached hydrogen (secondary N) is 1. The van der Waals surface area contributed by atoms with Crippen LogP contribution in [0.25, 0.3) is 22.6 Å². The Kier molecular flexibility index (Phi) is 5.59. The highest BCUT2D eigenvalue weighted by molar-refractivity contribution is 6.33. The van der Waals surface area contributed by atoms with E-state index in [4.69, 9.17) is 11.6 Å². The molecule has 0 radical (unpaired) electrons. The molecule has 12 heteroatoms. The number of aryl methyl sites for hydroxylation is 2. The third-order valence-electron chi connectivity index (χ3n) is 7.62. The summed E-state index contributed by atoms with van der Waals surface area (Å²) in [7, 11) is 1.83. The summed E-state index contributed by atoms with van der Waals surface area (Å²) in [4.78, 5) is 4.39. The SMILES string of the molecule is C[C@H]1CCn2cc(-c3cc(Nc4ccnn4C)ncc3Cl)cc2-c2nnc(C3(CC(F)(F)F)CCC3)n21. The van der Waals surface area contributed by atoms with Crippen molar-refractivity contribution in [2.24, 2.45) is 7.05 Å². The zero-order valence-electron chi connectivity index (χ0n) is 20.4. The quantitative estimate of drug-likeness (QED) is 0.328. The summed E-state index contributed by atoms with van der Waals surface area (Å²) >= 11 is 6.56. The second-order valence-corrected chi connectivity index (χ2v) is 10.5. The van der Waals surface area contributed by atoms with Crippen molar-refractivity contribution >= 4 is 23.2 Å². The first-order valence-electron chi connectivity index (χ1n) is 12.3. The molecule has 4 aromatic rings. The second-order valence-electron chi connectivity index (χ2n) is 10.1. The first-order valence-corrected chi connectivity index (χ1v) is 12.6. The molecule has 1 N–H and O–H groups in total. The fourth-order valence-corrected chi connectivity index (χ4v) is 5.77. The number of aromatic nitrogens is 7. The number of fused-ring (bicyclic) bond motifs is 3. The molecule has 6 rings (SSSR count). The Morgan fingerprint density at radius 2 is 2.03 bits per heavy atom. The molecule has 0 spiro atoms. The molecule has 0 amide bonds. The lowest BCUT2D eigenvalue weighted by Gasteiger charge is -2.42. The lowest BCUT2D eigenvalue weighted by atomic mass is 9.65. The van der Waals surface area contributed by atoms with Gasteiger partial charge in [0, 0.05) is 54.6 Å². The molecule has 1 aliphatic heterocycles. The highest BCUT2D eigenvalue weighted by Gasteiger charge is 2.51. The van der Waals surface area contributed by atoms with Crippen molar-refractivity contribution in [3.05, 3.63) is 47.6 Å². The van der Waals surface area contributed by atoms with E-state index in [9.17, 15) is 13.2 Å². The van der Waals surface area contributed by atoms with Gasteiger partial charge in [-0.15, -0.1) is 10.2 Å². The lowest BCUT2D eigenvalue weighted by Crippen LogP contribution is -2.41. The number of halogens is 4. The Hall–Kier alpha value is -3.34. The van der Waals surface area contributed by atoms with Crippen molar-refractivity contribution in [1.82, 2.24) is 34.1 Å². The van der Waals surface area contributed by atoms with Crippen LogP contribution in [0.1, 0.15) is 50.9 Å². The minimum absolute atomic E-state index is 0.0201. The third-order valence-corrected chi connectivity index (χ3v) is 7.92. The van der Waals surface area contributed by atoms with Crippen LogP contribution in [-0.2, 0) is 19.0 Å². The molecule has 37 heavy (non-hydrogen) atoms. The van der Waals surface area contributed by atoms with Crippen LogP contribution in [0.3, 0.4) is 0 Å². The summed E-state index contributed by atoms with van der Waals surface area (Å²) in [5, 5.41) is 16.7. The minimum atomic E-state index is -4.26. The van der Waals surface area contributed by atoms with Crippen molar-refractivity contribution in [2.75, 3.05) is 5.32 Å². The molecule has 4 aromatic heterocycles. The van der Waals surface area contributed by atoms with E-state index >= 15 is 0 Å². The van der Waals surface area contributed by atoms with Gasteiger partial charge in [0.05, 0.1) is 23.3 Å². The summed E-state index contributed by atoms with van der Waals surface area (Å²) in [5.41, 5.74) is 1.47. The molecule has 2 aliphatic rings. The molecule has 1 fully saturated rings. The van der Waals surface area contributed by atoms with E-state index in [1.807, 2.05) is 42.9 Å². The van der Waals surface area contributed by atoms with Gasteiger partial charge in [-0.2, -0.15) is 18.3 Å². The highest BCUT2D eigenvalue weighted by Crippen LogP contribution is 2.51. The van der Waals surface area contributed by atoms with E-state index in [2.05, 4.69) is 30.2 Å². The largest absolute Gasteiger partial charge is 0.390 e. The topological polar surface area (TPSA) is 78.4 Å². The smallest absolute Gasteiger partial charge is 0.344 e. The molecule has 1 saturated carbocycles. The van der Waals surface area contributed by atoms with Crippen LogP contribution in [0.15, 0.2) is 36.8 Å². The van der Waals surface area contributed by atoms with Crippen LogP contribution >= 0.6 is 11.6 Å². The first kappa shape index (κ1) is 24.0. The van der Waals surface area contributed by atoms with Crippen molar-refractivity contribution in [2.45, 2.75) is 63.2 Å². The van der Waals surface area contributed by atoms with Gasteiger partial charge in [-0.05, 0) is 38.3 Å². The molecule has 0 aromatic carbocycles. The molecule has 0 unspecified atom stereocenters. The number of hydrogen-bond acceptors (Lipinski definition) is 5. The average Bonchev–Trinajstić information content (AvgIpc) is 3.52. The third kappa shape index (κ3) is 4.18. The van der Waals surface area contributed by atoms with Crippen molar-refractivity contribution in [3.63, 3.8) is 0 Å². The van der Waals surface area contributed by atoms with Crippen molar-refractivity contribution in [3.8, 4) is 22.6 Å². The number of hydrogen-bond donors (Lipinski definition) is 1. The predicted octanol–water partition coefficient (Wildman–Crippen LogP) is 6.28. The fourth-order valence-electron chi connectivity index (χ4n) is 5.55. The lowest BCUT2D eigenvalue weighted by molar-refractivity contribution is -0.157. The Morgan fingerprint density at radius 3 is 2.70 bits per heavy atom. The summed E-state index contributed by atoms with van der Waals surface area (Å²) < 4.78 is 46.3. The van der Waals surface area contributed by atoms with Gasteiger partial charge < -0.3 is 14.5 Å². The molecule has 8 nitrogen and oxygen atoms in total.